The van der Waals surface area contributed by atoms with Gasteiger partial charge in [-0.1, -0.05) is 6.07 Å². The highest BCUT2D eigenvalue weighted by Gasteiger charge is 2.10. The second-order valence-corrected chi connectivity index (χ2v) is 6.79. The average Bonchev–Trinajstić information content (AvgIpc) is 3.15. The molecule has 9 heteroatoms. The van der Waals surface area contributed by atoms with E-state index in [0.717, 1.165) is 0 Å². The van der Waals surface area contributed by atoms with E-state index < -0.39 is 11.7 Å². The number of halogens is 1. The fourth-order valence-electron chi connectivity index (χ4n) is 2.36. The average molecular weight is 427 g/mol. The van der Waals surface area contributed by atoms with Crippen molar-refractivity contribution in [3.63, 3.8) is 0 Å². The first-order valence-electron chi connectivity index (χ1n) is 9.00. The second kappa shape index (κ2) is 10.3. The maximum Gasteiger partial charge on any atom is 0.311 e. The van der Waals surface area contributed by atoms with Gasteiger partial charge in [-0.15, -0.1) is 11.3 Å². The minimum absolute atomic E-state index is 0.0444. The fraction of sp³-hybridized carbons (Fsp3) is 0.143. The molecule has 2 aromatic heterocycles. The highest BCUT2D eigenvalue weighted by atomic mass is 32.1. The van der Waals surface area contributed by atoms with Gasteiger partial charge in [-0.2, -0.15) is 0 Å². The number of hydrogen-bond donors (Lipinski definition) is 1. The lowest BCUT2D eigenvalue weighted by Crippen LogP contribution is -2.09. The zero-order chi connectivity index (χ0) is 21.3. The molecule has 0 radical (unpaired) electrons. The number of hydrogen-bond acceptors (Lipinski definition) is 7. The lowest BCUT2D eigenvalue weighted by molar-refractivity contribution is -0.142. The van der Waals surface area contributed by atoms with Crippen LogP contribution < -0.4 is 10.1 Å². The number of benzene rings is 1. The molecule has 0 aliphatic carbocycles. The van der Waals surface area contributed by atoms with Crippen molar-refractivity contribution >= 4 is 34.4 Å². The van der Waals surface area contributed by atoms with E-state index in [2.05, 4.69) is 15.3 Å². The van der Waals surface area contributed by atoms with Crippen LogP contribution in [0.3, 0.4) is 0 Å². The Hall–Kier alpha value is -3.59. The highest BCUT2D eigenvalue weighted by molar-refractivity contribution is 7.14. The van der Waals surface area contributed by atoms with Crippen molar-refractivity contribution in [2.45, 2.75) is 13.3 Å². The number of aromatic nitrogens is 2. The van der Waals surface area contributed by atoms with E-state index in [0.29, 0.717) is 28.7 Å². The first kappa shape index (κ1) is 21.1. The summed E-state index contributed by atoms with van der Waals surface area (Å²) in [5, 5.41) is 4.63. The molecule has 0 fully saturated rings. The summed E-state index contributed by atoms with van der Waals surface area (Å²) in [4.78, 5) is 31.6. The topological polar surface area (TPSA) is 90.4 Å². The quantitative estimate of drug-likeness (QED) is 0.427. The molecule has 30 heavy (non-hydrogen) atoms. The molecule has 0 saturated heterocycles. The van der Waals surface area contributed by atoms with Crippen LogP contribution in [0, 0.1) is 5.82 Å². The van der Waals surface area contributed by atoms with Gasteiger partial charge < -0.3 is 9.47 Å². The maximum atomic E-state index is 14.2. The Kier molecular flexibility index (Phi) is 7.23. The van der Waals surface area contributed by atoms with Gasteiger partial charge in [0, 0.05) is 17.7 Å². The number of rotatable bonds is 8. The van der Waals surface area contributed by atoms with Gasteiger partial charge in [0.25, 0.3) is 0 Å². The van der Waals surface area contributed by atoms with Crippen molar-refractivity contribution in [2.24, 2.45) is 0 Å². The number of thiazole rings is 1. The summed E-state index contributed by atoms with van der Waals surface area (Å²) in [6.45, 7) is 2.03. The molecule has 0 aliphatic rings. The van der Waals surface area contributed by atoms with Crippen LogP contribution in [0.25, 0.3) is 6.08 Å². The zero-order valence-electron chi connectivity index (χ0n) is 16.0. The third-order valence-electron chi connectivity index (χ3n) is 3.66. The van der Waals surface area contributed by atoms with Crippen molar-refractivity contribution in [1.82, 2.24) is 9.97 Å². The minimum atomic E-state index is -0.565. The molecule has 154 valence electrons. The molecule has 2 heterocycles. The Balaban J connectivity index is 1.56. The van der Waals surface area contributed by atoms with E-state index in [1.807, 2.05) is 0 Å². The second-order valence-electron chi connectivity index (χ2n) is 5.93. The molecule has 3 aromatic rings. The summed E-state index contributed by atoms with van der Waals surface area (Å²) < 4.78 is 24.5. The van der Waals surface area contributed by atoms with Gasteiger partial charge in [-0.3, -0.25) is 19.9 Å². The summed E-state index contributed by atoms with van der Waals surface area (Å²) in [5.41, 5.74) is 1.01. The largest absolute Gasteiger partial charge is 0.466 e. The number of anilines is 1. The first-order valence-corrected chi connectivity index (χ1v) is 9.88. The molecule has 0 unspecified atom stereocenters. The first-order chi connectivity index (χ1) is 14.5. The molecule has 1 amide bonds. The predicted octanol–water partition coefficient (Wildman–Crippen LogP) is 4.23. The number of pyridine rings is 1. The van der Waals surface area contributed by atoms with Crippen LogP contribution in [0.15, 0.2) is 54.2 Å². The number of esters is 1. The smallest absolute Gasteiger partial charge is 0.311 e. The van der Waals surface area contributed by atoms with Gasteiger partial charge >= 0.3 is 5.97 Å². The summed E-state index contributed by atoms with van der Waals surface area (Å²) >= 11 is 1.20. The summed E-state index contributed by atoms with van der Waals surface area (Å²) in [7, 11) is 0. The molecule has 1 N–H and O–H groups in total. The number of nitrogens with one attached hydrogen (secondary N) is 1. The van der Waals surface area contributed by atoms with Crippen molar-refractivity contribution in [2.75, 3.05) is 11.9 Å². The number of amides is 1. The maximum absolute atomic E-state index is 14.2. The molecule has 7 nitrogen and oxygen atoms in total. The number of carbonyl (C=O) groups is 2. The highest BCUT2D eigenvalue weighted by Crippen LogP contribution is 2.25. The molecule has 0 bridgehead atoms. The molecule has 0 atom stereocenters. The van der Waals surface area contributed by atoms with Crippen LogP contribution in [-0.2, 0) is 20.7 Å². The Bertz CT molecular complexity index is 1050. The number of carbonyl (C=O) groups excluding carboxylic acids is 2. The van der Waals surface area contributed by atoms with E-state index in [1.165, 1.54) is 41.8 Å². The third-order valence-corrected chi connectivity index (χ3v) is 4.46. The van der Waals surface area contributed by atoms with Crippen molar-refractivity contribution in [3.8, 4) is 11.5 Å². The normalized spacial score (nSPS) is 10.7. The van der Waals surface area contributed by atoms with E-state index in [9.17, 15) is 14.0 Å². The van der Waals surface area contributed by atoms with E-state index in [4.69, 9.17) is 9.47 Å². The fourth-order valence-corrected chi connectivity index (χ4v) is 3.08. The standard InChI is InChI=1S/C21H18FN3O4S/c1-2-28-20(27)11-15-13-30-21(24-15)25-19(26)8-6-14-5-7-18(17(22)10-14)29-16-4-3-9-23-12-16/h3-10,12-13H,2,11H2,1H3,(H,24,25,26)/b8-6+. The van der Waals surface area contributed by atoms with Crippen LogP contribution in [0.4, 0.5) is 9.52 Å². The van der Waals surface area contributed by atoms with Gasteiger partial charge in [-0.25, -0.2) is 9.37 Å². The lowest BCUT2D eigenvalue weighted by atomic mass is 10.2. The van der Waals surface area contributed by atoms with Crippen LogP contribution in [0.2, 0.25) is 0 Å². The Morgan fingerprint density at radius 3 is 2.90 bits per heavy atom. The predicted molar refractivity (Wildman–Crippen MR) is 111 cm³/mol. The van der Waals surface area contributed by atoms with E-state index in [-0.39, 0.29) is 18.1 Å². The SMILES string of the molecule is CCOC(=O)Cc1csc(NC(=O)/C=C/c2ccc(Oc3cccnc3)c(F)c2)n1. The number of nitrogens with zero attached hydrogens (tertiary/aromatic N) is 2. The molecule has 0 saturated carbocycles. The van der Waals surface area contributed by atoms with Gasteiger partial charge in [0.15, 0.2) is 16.7 Å². The molecular formula is C21H18FN3O4S. The van der Waals surface area contributed by atoms with Crippen molar-refractivity contribution < 1.29 is 23.5 Å². The Morgan fingerprint density at radius 2 is 2.17 bits per heavy atom. The lowest BCUT2D eigenvalue weighted by Gasteiger charge is -2.06. The summed E-state index contributed by atoms with van der Waals surface area (Å²) in [6, 6.07) is 7.71. The Morgan fingerprint density at radius 1 is 1.30 bits per heavy atom. The van der Waals surface area contributed by atoms with Crippen molar-refractivity contribution in [3.05, 3.63) is 71.3 Å². The summed E-state index contributed by atoms with van der Waals surface area (Å²) in [5.74, 6) is -0.891. The molecule has 0 aliphatic heterocycles. The van der Waals surface area contributed by atoms with Crippen LogP contribution in [0.5, 0.6) is 11.5 Å². The molecule has 1 aromatic carbocycles. The Labute approximate surface area is 176 Å². The minimum Gasteiger partial charge on any atom is -0.466 e. The number of ether oxygens (including phenoxy) is 2. The van der Waals surface area contributed by atoms with Gasteiger partial charge in [-0.05, 0) is 42.8 Å². The monoisotopic (exact) mass is 427 g/mol. The third kappa shape index (κ3) is 6.21. The van der Waals surface area contributed by atoms with Crippen molar-refractivity contribution in [1.29, 1.82) is 0 Å². The van der Waals surface area contributed by atoms with Gasteiger partial charge in [0.1, 0.15) is 5.75 Å². The molecule has 3 rings (SSSR count). The van der Waals surface area contributed by atoms with Gasteiger partial charge in [0.05, 0.1) is 24.9 Å². The molecule has 0 spiro atoms. The van der Waals surface area contributed by atoms with Crippen LogP contribution in [0.1, 0.15) is 18.2 Å². The molecular weight excluding hydrogens is 409 g/mol. The van der Waals surface area contributed by atoms with Gasteiger partial charge in [0.2, 0.25) is 5.91 Å². The summed E-state index contributed by atoms with van der Waals surface area (Å²) in [6.07, 6.45) is 5.86. The van der Waals surface area contributed by atoms with Crippen LogP contribution in [-0.4, -0.2) is 28.5 Å². The van der Waals surface area contributed by atoms with Crippen LogP contribution >= 0.6 is 11.3 Å². The van der Waals surface area contributed by atoms with E-state index >= 15 is 0 Å². The zero-order valence-corrected chi connectivity index (χ0v) is 16.8. The van der Waals surface area contributed by atoms with E-state index in [1.54, 1.807) is 36.7 Å².